The molecule has 1 aromatic carbocycles. The quantitative estimate of drug-likeness (QED) is 0.878. The summed E-state index contributed by atoms with van der Waals surface area (Å²) in [6, 6.07) is 5.70. The highest BCUT2D eigenvalue weighted by Crippen LogP contribution is 2.29. The maximum absolute atomic E-state index is 13.1. The zero-order valence-corrected chi connectivity index (χ0v) is 12.8. The number of ether oxygens (including phenoxy) is 1. The molecule has 5 nitrogen and oxygen atoms in total. The van der Waals surface area contributed by atoms with Crippen LogP contribution in [-0.4, -0.2) is 22.5 Å². The Kier molecular flexibility index (Phi) is 4.70. The Labute approximate surface area is 128 Å². The fourth-order valence-electron chi connectivity index (χ4n) is 2.13. The lowest BCUT2D eigenvalue weighted by Gasteiger charge is -2.15. The summed E-state index contributed by atoms with van der Waals surface area (Å²) in [7, 11) is 0. The Morgan fingerprint density at radius 1 is 1.27 bits per heavy atom. The number of carbonyl (C=O) groups excluding carboxylic acids is 1. The van der Waals surface area contributed by atoms with E-state index in [0.717, 1.165) is 0 Å². The lowest BCUT2D eigenvalue weighted by Crippen LogP contribution is -2.15. The van der Waals surface area contributed by atoms with Crippen LogP contribution in [0.3, 0.4) is 0 Å². The van der Waals surface area contributed by atoms with E-state index in [1.54, 1.807) is 19.1 Å². The zero-order valence-electron chi connectivity index (χ0n) is 12.8. The monoisotopic (exact) mass is 303 g/mol. The molecule has 22 heavy (non-hydrogen) atoms. The molecule has 0 bridgehead atoms. The van der Waals surface area contributed by atoms with Gasteiger partial charge in [-0.15, -0.1) is 0 Å². The molecule has 0 aliphatic rings. The number of nitrogen functional groups attached to an aromatic ring is 1. The Morgan fingerprint density at radius 2 is 1.91 bits per heavy atom. The molecule has 0 atom stereocenters. The van der Waals surface area contributed by atoms with Crippen molar-refractivity contribution in [2.24, 2.45) is 0 Å². The van der Waals surface area contributed by atoms with Gasteiger partial charge in [0.2, 0.25) is 5.95 Å². The highest BCUT2D eigenvalue weighted by molar-refractivity contribution is 5.97. The van der Waals surface area contributed by atoms with Crippen molar-refractivity contribution < 1.29 is 13.9 Å². The van der Waals surface area contributed by atoms with Crippen LogP contribution in [0.2, 0.25) is 0 Å². The van der Waals surface area contributed by atoms with Crippen LogP contribution in [0.4, 0.5) is 10.3 Å². The van der Waals surface area contributed by atoms with E-state index in [1.807, 2.05) is 13.8 Å². The molecule has 0 aliphatic heterocycles. The lowest BCUT2D eigenvalue weighted by atomic mass is 9.98. The number of anilines is 1. The minimum Gasteiger partial charge on any atom is -0.462 e. The first-order valence-electron chi connectivity index (χ1n) is 7.04. The lowest BCUT2D eigenvalue weighted by molar-refractivity contribution is 0.0524. The standard InChI is InChI=1S/C16H18FN3O2/c1-4-22-15(21)12-13(9(2)3)19-16(18)20-14(12)10-5-7-11(17)8-6-10/h5-9H,4H2,1-3H3,(H2,18,19,20). The Morgan fingerprint density at radius 3 is 2.45 bits per heavy atom. The highest BCUT2D eigenvalue weighted by atomic mass is 19.1. The second-order valence-electron chi connectivity index (χ2n) is 5.07. The summed E-state index contributed by atoms with van der Waals surface area (Å²) >= 11 is 0. The van der Waals surface area contributed by atoms with Gasteiger partial charge < -0.3 is 10.5 Å². The molecule has 0 amide bonds. The normalized spacial score (nSPS) is 10.8. The third-order valence-corrected chi connectivity index (χ3v) is 3.10. The first-order chi connectivity index (χ1) is 10.4. The first-order valence-corrected chi connectivity index (χ1v) is 7.04. The Balaban J connectivity index is 2.70. The number of benzene rings is 1. The number of aromatic nitrogens is 2. The predicted octanol–water partition coefficient (Wildman–Crippen LogP) is 3.17. The van der Waals surface area contributed by atoms with E-state index in [0.29, 0.717) is 17.0 Å². The summed E-state index contributed by atoms with van der Waals surface area (Å²) in [5, 5.41) is 0. The van der Waals surface area contributed by atoms with E-state index in [2.05, 4.69) is 9.97 Å². The number of nitrogens with two attached hydrogens (primary N) is 1. The number of carbonyl (C=O) groups is 1. The van der Waals surface area contributed by atoms with Gasteiger partial charge in [0, 0.05) is 5.56 Å². The Hall–Kier alpha value is -2.50. The number of esters is 1. The van der Waals surface area contributed by atoms with E-state index in [1.165, 1.54) is 12.1 Å². The largest absolute Gasteiger partial charge is 0.462 e. The van der Waals surface area contributed by atoms with E-state index >= 15 is 0 Å². The van der Waals surface area contributed by atoms with E-state index in [9.17, 15) is 9.18 Å². The van der Waals surface area contributed by atoms with Crippen LogP contribution in [0.15, 0.2) is 24.3 Å². The van der Waals surface area contributed by atoms with Crippen LogP contribution in [-0.2, 0) is 4.74 Å². The smallest absolute Gasteiger partial charge is 0.342 e. The second kappa shape index (κ2) is 6.51. The van der Waals surface area contributed by atoms with Crippen molar-refractivity contribution in [1.82, 2.24) is 9.97 Å². The molecule has 2 aromatic rings. The van der Waals surface area contributed by atoms with Crippen LogP contribution in [0.5, 0.6) is 0 Å². The first kappa shape index (κ1) is 15.9. The summed E-state index contributed by atoms with van der Waals surface area (Å²) in [5.74, 6) is -0.849. The summed E-state index contributed by atoms with van der Waals surface area (Å²) in [6.45, 7) is 5.77. The van der Waals surface area contributed by atoms with Crippen molar-refractivity contribution in [3.05, 3.63) is 41.3 Å². The van der Waals surface area contributed by atoms with Gasteiger partial charge in [-0.1, -0.05) is 13.8 Å². The highest BCUT2D eigenvalue weighted by Gasteiger charge is 2.24. The molecule has 6 heteroatoms. The maximum Gasteiger partial charge on any atom is 0.342 e. The molecule has 2 rings (SSSR count). The molecule has 0 spiro atoms. The molecule has 0 saturated carbocycles. The second-order valence-corrected chi connectivity index (χ2v) is 5.07. The SMILES string of the molecule is CCOC(=O)c1c(-c2ccc(F)cc2)nc(N)nc1C(C)C. The average Bonchev–Trinajstić information content (AvgIpc) is 2.47. The molecule has 116 valence electrons. The van der Waals surface area contributed by atoms with Crippen molar-refractivity contribution in [2.45, 2.75) is 26.7 Å². The van der Waals surface area contributed by atoms with Crippen molar-refractivity contribution >= 4 is 11.9 Å². The van der Waals surface area contributed by atoms with Crippen molar-refractivity contribution in [3.8, 4) is 11.3 Å². The number of rotatable bonds is 4. The van der Waals surface area contributed by atoms with Gasteiger partial charge in [-0.2, -0.15) is 0 Å². The van der Waals surface area contributed by atoms with E-state index < -0.39 is 5.97 Å². The molecule has 1 aromatic heterocycles. The van der Waals surface area contributed by atoms with Gasteiger partial charge in [0.15, 0.2) is 0 Å². The van der Waals surface area contributed by atoms with Crippen molar-refractivity contribution in [2.75, 3.05) is 12.3 Å². The number of hydrogen-bond donors (Lipinski definition) is 1. The van der Waals surface area contributed by atoms with Crippen LogP contribution in [0, 0.1) is 5.82 Å². The summed E-state index contributed by atoms with van der Waals surface area (Å²) in [6.07, 6.45) is 0. The summed E-state index contributed by atoms with van der Waals surface area (Å²) in [5.41, 5.74) is 7.49. The fraction of sp³-hybridized carbons (Fsp3) is 0.312. The number of hydrogen-bond acceptors (Lipinski definition) is 5. The Bertz CT molecular complexity index is 685. The van der Waals surface area contributed by atoms with Gasteiger partial charge in [-0.05, 0) is 37.1 Å². The van der Waals surface area contributed by atoms with E-state index in [-0.39, 0.29) is 29.9 Å². The predicted molar refractivity (Wildman–Crippen MR) is 81.9 cm³/mol. The molecule has 1 heterocycles. The van der Waals surface area contributed by atoms with Crippen LogP contribution in [0.1, 0.15) is 42.7 Å². The zero-order chi connectivity index (χ0) is 16.3. The topological polar surface area (TPSA) is 78.1 Å². The van der Waals surface area contributed by atoms with Gasteiger partial charge in [-0.3, -0.25) is 0 Å². The molecule has 2 N–H and O–H groups in total. The van der Waals surface area contributed by atoms with Gasteiger partial charge in [0.25, 0.3) is 0 Å². The molecule has 0 saturated heterocycles. The molecule has 0 aliphatic carbocycles. The fourth-order valence-corrected chi connectivity index (χ4v) is 2.13. The summed E-state index contributed by atoms with van der Waals surface area (Å²) in [4.78, 5) is 20.7. The van der Waals surface area contributed by atoms with Gasteiger partial charge in [0.1, 0.15) is 11.4 Å². The van der Waals surface area contributed by atoms with Crippen LogP contribution < -0.4 is 5.73 Å². The number of halogens is 1. The molecular weight excluding hydrogens is 285 g/mol. The van der Waals surface area contributed by atoms with Crippen LogP contribution in [0.25, 0.3) is 11.3 Å². The molecule has 0 fully saturated rings. The van der Waals surface area contributed by atoms with Gasteiger partial charge in [-0.25, -0.2) is 19.2 Å². The van der Waals surface area contributed by atoms with Crippen LogP contribution >= 0.6 is 0 Å². The summed E-state index contributed by atoms with van der Waals surface area (Å²) < 4.78 is 18.2. The molecule has 0 unspecified atom stereocenters. The van der Waals surface area contributed by atoms with Crippen molar-refractivity contribution in [3.63, 3.8) is 0 Å². The van der Waals surface area contributed by atoms with E-state index in [4.69, 9.17) is 10.5 Å². The van der Waals surface area contributed by atoms with Crippen molar-refractivity contribution in [1.29, 1.82) is 0 Å². The van der Waals surface area contributed by atoms with Gasteiger partial charge >= 0.3 is 5.97 Å². The average molecular weight is 303 g/mol. The minimum atomic E-state index is -0.509. The number of nitrogens with zero attached hydrogens (tertiary/aromatic N) is 2. The third kappa shape index (κ3) is 3.21. The molecule has 0 radical (unpaired) electrons. The van der Waals surface area contributed by atoms with Gasteiger partial charge in [0.05, 0.1) is 18.0 Å². The minimum absolute atomic E-state index is 0.0381. The maximum atomic E-state index is 13.1. The third-order valence-electron chi connectivity index (χ3n) is 3.10. The molecular formula is C16H18FN3O2.